The Labute approximate surface area is 148 Å². The highest BCUT2D eigenvalue weighted by Gasteiger charge is 2.11. The largest absolute Gasteiger partial charge is 0.482 e. The van der Waals surface area contributed by atoms with Crippen LogP contribution in [-0.4, -0.2) is 23.6 Å². The third kappa shape index (κ3) is 5.37. The van der Waals surface area contributed by atoms with Crippen molar-refractivity contribution in [1.29, 1.82) is 5.26 Å². The molecule has 0 saturated heterocycles. The normalized spacial score (nSPS) is 10.6. The van der Waals surface area contributed by atoms with Crippen molar-refractivity contribution in [3.63, 3.8) is 0 Å². The molecule has 0 unspecified atom stereocenters. The molecule has 25 heavy (non-hydrogen) atoms. The van der Waals surface area contributed by atoms with E-state index < -0.39 is 18.5 Å². The minimum atomic E-state index is -1.08. The summed E-state index contributed by atoms with van der Waals surface area (Å²) >= 11 is 5.97. The number of rotatable bonds is 6. The topological polar surface area (TPSA) is 99.4 Å². The summed E-state index contributed by atoms with van der Waals surface area (Å²) in [5.41, 5.74) is 0.903. The minimum Gasteiger partial charge on any atom is -0.482 e. The molecular weight excluding hydrogens is 344 g/mol. The molecule has 2 N–H and O–H groups in total. The second-order valence-corrected chi connectivity index (χ2v) is 5.26. The highest BCUT2D eigenvalue weighted by atomic mass is 35.5. The van der Waals surface area contributed by atoms with Crippen molar-refractivity contribution < 1.29 is 19.4 Å². The third-order valence-corrected chi connectivity index (χ3v) is 3.37. The fourth-order valence-electron chi connectivity index (χ4n) is 1.87. The van der Waals surface area contributed by atoms with E-state index in [0.29, 0.717) is 22.0 Å². The number of amides is 1. The Morgan fingerprint density at radius 2 is 1.88 bits per heavy atom. The van der Waals surface area contributed by atoms with Gasteiger partial charge in [-0.25, -0.2) is 4.79 Å². The third-order valence-electron chi connectivity index (χ3n) is 3.04. The summed E-state index contributed by atoms with van der Waals surface area (Å²) < 4.78 is 5.01. The molecule has 2 aromatic rings. The molecule has 126 valence electrons. The number of carboxylic acid groups (broad SMARTS) is 1. The fourth-order valence-corrected chi connectivity index (χ4v) is 2.06. The van der Waals surface area contributed by atoms with Gasteiger partial charge >= 0.3 is 5.97 Å². The van der Waals surface area contributed by atoms with Crippen molar-refractivity contribution in [2.24, 2.45) is 0 Å². The molecule has 2 rings (SSSR count). The molecule has 0 radical (unpaired) electrons. The number of benzene rings is 2. The first-order valence-corrected chi connectivity index (χ1v) is 7.49. The van der Waals surface area contributed by atoms with Gasteiger partial charge in [-0.3, -0.25) is 4.79 Å². The molecule has 0 heterocycles. The van der Waals surface area contributed by atoms with E-state index >= 15 is 0 Å². The minimum absolute atomic E-state index is 0.0980. The van der Waals surface area contributed by atoms with Gasteiger partial charge in [0, 0.05) is 0 Å². The average Bonchev–Trinajstić information content (AvgIpc) is 2.60. The van der Waals surface area contributed by atoms with E-state index in [4.69, 9.17) is 21.4 Å². The van der Waals surface area contributed by atoms with Crippen molar-refractivity contribution in [3.8, 4) is 11.8 Å². The van der Waals surface area contributed by atoms with Gasteiger partial charge in [0.2, 0.25) is 0 Å². The van der Waals surface area contributed by atoms with E-state index in [1.807, 2.05) is 6.07 Å². The summed E-state index contributed by atoms with van der Waals surface area (Å²) in [6, 6.07) is 14.9. The number of anilines is 1. The first-order chi connectivity index (χ1) is 12.0. The number of para-hydroxylation sites is 1. The molecule has 0 aromatic heterocycles. The summed E-state index contributed by atoms with van der Waals surface area (Å²) in [6.45, 7) is -0.446. The lowest BCUT2D eigenvalue weighted by molar-refractivity contribution is -0.139. The Bertz CT molecular complexity index is 854. The highest BCUT2D eigenvalue weighted by Crippen LogP contribution is 2.21. The van der Waals surface area contributed by atoms with Crippen LogP contribution in [0.3, 0.4) is 0 Å². The van der Waals surface area contributed by atoms with Crippen molar-refractivity contribution in [1.82, 2.24) is 0 Å². The molecule has 0 aliphatic heterocycles. The lowest BCUT2D eigenvalue weighted by atomic mass is 10.1. The van der Waals surface area contributed by atoms with Crippen LogP contribution in [0.15, 0.2) is 54.1 Å². The monoisotopic (exact) mass is 356 g/mol. The van der Waals surface area contributed by atoms with Gasteiger partial charge in [0.05, 0.1) is 10.7 Å². The van der Waals surface area contributed by atoms with Gasteiger partial charge in [0.25, 0.3) is 5.91 Å². The molecule has 2 aromatic carbocycles. The molecule has 6 nitrogen and oxygen atoms in total. The van der Waals surface area contributed by atoms with Gasteiger partial charge in [-0.2, -0.15) is 5.26 Å². The zero-order chi connectivity index (χ0) is 18.2. The molecule has 0 atom stereocenters. The average molecular weight is 357 g/mol. The van der Waals surface area contributed by atoms with Gasteiger partial charge < -0.3 is 15.2 Å². The van der Waals surface area contributed by atoms with E-state index in [0.717, 1.165) is 0 Å². The Balaban J connectivity index is 2.11. The fraction of sp³-hybridized carbons (Fsp3) is 0.0556. The quantitative estimate of drug-likeness (QED) is 0.610. The number of nitriles is 1. The van der Waals surface area contributed by atoms with Gasteiger partial charge in [-0.1, -0.05) is 35.9 Å². The van der Waals surface area contributed by atoms with Crippen molar-refractivity contribution in [3.05, 3.63) is 64.7 Å². The number of carbonyl (C=O) groups is 2. The molecule has 0 fully saturated rings. The summed E-state index contributed by atoms with van der Waals surface area (Å²) in [7, 11) is 0. The van der Waals surface area contributed by atoms with Gasteiger partial charge in [-0.05, 0) is 35.9 Å². The second kappa shape index (κ2) is 8.52. The number of hydrogen-bond donors (Lipinski definition) is 2. The second-order valence-electron chi connectivity index (χ2n) is 4.86. The number of carboxylic acids is 1. The lowest BCUT2D eigenvalue weighted by Gasteiger charge is -2.06. The van der Waals surface area contributed by atoms with Crippen LogP contribution < -0.4 is 10.1 Å². The molecule has 0 spiro atoms. The molecule has 7 heteroatoms. The zero-order valence-corrected chi connectivity index (χ0v) is 13.7. The highest BCUT2D eigenvalue weighted by molar-refractivity contribution is 6.34. The van der Waals surface area contributed by atoms with Crippen LogP contribution in [0.1, 0.15) is 5.56 Å². The van der Waals surface area contributed by atoms with E-state index in [1.54, 1.807) is 48.5 Å². The van der Waals surface area contributed by atoms with Crippen LogP contribution in [0.5, 0.6) is 5.75 Å². The Morgan fingerprint density at radius 3 is 2.48 bits per heavy atom. The number of nitrogens with zero attached hydrogens (tertiary/aromatic N) is 1. The van der Waals surface area contributed by atoms with E-state index in [1.165, 1.54) is 6.08 Å². The van der Waals surface area contributed by atoms with Crippen molar-refractivity contribution in [2.45, 2.75) is 0 Å². The van der Waals surface area contributed by atoms with Crippen molar-refractivity contribution in [2.75, 3.05) is 11.9 Å². The smallest absolute Gasteiger partial charge is 0.341 e. The van der Waals surface area contributed by atoms with Gasteiger partial charge in [0.15, 0.2) is 6.61 Å². The van der Waals surface area contributed by atoms with Crippen LogP contribution >= 0.6 is 11.6 Å². The Morgan fingerprint density at radius 1 is 1.20 bits per heavy atom. The maximum Gasteiger partial charge on any atom is 0.341 e. The molecule has 0 aliphatic rings. The lowest BCUT2D eigenvalue weighted by Crippen LogP contribution is -2.13. The Kier molecular flexibility index (Phi) is 6.15. The summed E-state index contributed by atoms with van der Waals surface area (Å²) in [4.78, 5) is 22.6. The number of halogens is 1. The number of aliphatic carboxylic acids is 1. The SMILES string of the molecule is N#C/C(=C\c1ccc(OCC(=O)O)cc1)C(=O)Nc1ccccc1Cl. The maximum atomic E-state index is 12.2. The number of carbonyl (C=O) groups excluding carboxylic acids is 1. The molecular formula is C18H13ClN2O4. The Hall–Kier alpha value is -3.30. The van der Waals surface area contributed by atoms with Crippen LogP contribution in [-0.2, 0) is 9.59 Å². The number of hydrogen-bond acceptors (Lipinski definition) is 4. The zero-order valence-electron chi connectivity index (χ0n) is 12.9. The van der Waals surface area contributed by atoms with Crippen LogP contribution in [0, 0.1) is 11.3 Å². The number of ether oxygens (including phenoxy) is 1. The van der Waals surface area contributed by atoms with E-state index in [9.17, 15) is 14.9 Å². The maximum absolute atomic E-state index is 12.2. The van der Waals surface area contributed by atoms with Crippen LogP contribution in [0.2, 0.25) is 5.02 Å². The van der Waals surface area contributed by atoms with E-state index in [-0.39, 0.29) is 5.57 Å². The molecule has 1 amide bonds. The molecule has 0 bridgehead atoms. The number of nitrogens with one attached hydrogen (secondary N) is 1. The molecule has 0 saturated carbocycles. The van der Waals surface area contributed by atoms with Crippen LogP contribution in [0.4, 0.5) is 5.69 Å². The molecule has 0 aliphatic carbocycles. The van der Waals surface area contributed by atoms with Crippen LogP contribution in [0.25, 0.3) is 6.08 Å². The summed E-state index contributed by atoms with van der Waals surface area (Å²) in [6.07, 6.45) is 1.41. The first-order valence-electron chi connectivity index (χ1n) is 7.12. The van der Waals surface area contributed by atoms with Gasteiger partial charge in [0.1, 0.15) is 17.4 Å². The predicted octanol–water partition coefficient (Wildman–Crippen LogP) is 3.35. The summed E-state index contributed by atoms with van der Waals surface area (Å²) in [5.74, 6) is -1.28. The van der Waals surface area contributed by atoms with Crippen molar-refractivity contribution >= 4 is 35.2 Å². The summed E-state index contributed by atoms with van der Waals surface area (Å²) in [5, 5.41) is 20.7. The predicted molar refractivity (Wildman–Crippen MR) is 93.2 cm³/mol. The first kappa shape index (κ1) is 18.0. The van der Waals surface area contributed by atoms with E-state index in [2.05, 4.69) is 5.32 Å². The standard InChI is InChI=1S/C18H13ClN2O4/c19-15-3-1-2-4-16(15)21-18(24)13(10-20)9-12-5-7-14(8-6-12)25-11-17(22)23/h1-9H,11H2,(H,21,24)(H,22,23)/b13-9+. The van der Waals surface area contributed by atoms with Gasteiger partial charge in [-0.15, -0.1) is 0 Å².